The van der Waals surface area contributed by atoms with Crippen molar-refractivity contribution in [2.75, 3.05) is 48.3 Å². The van der Waals surface area contributed by atoms with Crippen LogP contribution in [0.5, 0.6) is 0 Å². The number of anilines is 3. The Morgan fingerprint density at radius 1 is 1.00 bits per heavy atom. The van der Waals surface area contributed by atoms with Crippen LogP contribution in [0.4, 0.5) is 21.9 Å². The molecule has 26 heavy (non-hydrogen) atoms. The second-order valence-electron chi connectivity index (χ2n) is 6.71. The quantitative estimate of drug-likeness (QED) is 0.906. The van der Waals surface area contributed by atoms with Crippen LogP contribution in [-0.2, 0) is 11.2 Å². The van der Waals surface area contributed by atoms with Gasteiger partial charge >= 0.3 is 6.03 Å². The Kier molecular flexibility index (Phi) is 4.24. The predicted octanol–water partition coefficient (Wildman–Crippen LogP) is 2.56. The highest BCUT2D eigenvalue weighted by atomic mass is 16.2. The molecule has 6 heteroatoms. The van der Waals surface area contributed by atoms with Crippen LogP contribution >= 0.6 is 0 Å². The van der Waals surface area contributed by atoms with Crippen LogP contribution < -0.4 is 15.1 Å². The van der Waals surface area contributed by atoms with Crippen LogP contribution in [0.15, 0.2) is 48.5 Å². The molecule has 1 saturated heterocycles. The third kappa shape index (κ3) is 3.10. The summed E-state index contributed by atoms with van der Waals surface area (Å²) in [4.78, 5) is 30.1. The molecule has 6 nitrogen and oxygen atoms in total. The van der Waals surface area contributed by atoms with Crippen molar-refractivity contribution in [3.63, 3.8) is 0 Å². The van der Waals surface area contributed by atoms with E-state index in [1.54, 1.807) is 4.90 Å². The van der Waals surface area contributed by atoms with Gasteiger partial charge in [-0.1, -0.05) is 18.2 Å². The molecule has 2 aliphatic rings. The van der Waals surface area contributed by atoms with Gasteiger partial charge in [0.15, 0.2) is 0 Å². The molecule has 2 heterocycles. The van der Waals surface area contributed by atoms with Crippen molar-refractivity contribution in [2.24, 2.45) is 0 Å². The van der Waals surface area contributed by atoms with E-state index in [0.29, 0.717) is 19.5 Å². The fourth-order valence-corrected chi connectivity index (χ4v) is 3.55. The van der Waals surface area contributed by atoms with Crippen LogP contribution in [0.2, 0.25) is 0 Å². The molecule has 1 fully saturated rings. The summed E-state index contributed by atoms with van der Waals surface area (Å²) >= 11 is 0. The fourth-order valence-electron chi connectivity index (χ4n) is 3.55. The molecule has 134 valence electrons. The van der Waals surface area contributed by atoms with E-state index >= 15 is 0 Å². The molecule has 2 aromatic carbocycles. The Balaban J connectivity index is 1.37. The average Bonchev–Trinajstić information content (AvgIpc) is 2.96. The number of nitrogens with one attached hydrogen (secondary N) is 1. The minimum absolute atomic E-state index is 0.0583. The van der Waals surface area contributed by atoms with Crippen molar-refractivity contribution in [3.8, 4) is 0 Å². The second-order valence-corrected chi connectivity index (χ2v) is 6.71. The number of rotatable bonds is 2. The van der Waals surface area contributed by atoms with Crippen molar-refractivity contribution in [3.05, 3.63) is 54.1 Å². The lowest BCUT2D eigenvalue weighted by molar-refractivity contribution is -0.117. The van der Waals surface area contributed by atoms with Crippen LogP contribution in [0, 0.1) is 0 Å². The Morgan fingerprint density at radius 3 is 2.46 bits per heavy atom. The number of para-hydroxylation sites is 1. The topological polar surface area (TPSA) is 55.9 Å². The Hall–Kier alpha value is -3.02. The molecule has 0 atom stereocenters. The lowest BCUT2D eigenvalue weighted by atomic mass is 10.1. The van der Waals surface area contributed by atoms with Crippen LogP contribution in [0.25, 0.3) is 0 Å². The smallest absolute Gasteiger partial charge is 0.321 e. The number of hydrogen-bond acceptors (Lipinski definition) is 3. The maximum Gasteiger partial charge on any atom is 0.321 e. The summed E-state index contributed by atoms with van der Waals surface area (Å²) in [6.07, 6.45) is 0.471. The maximum absolute atomic E-state index is 12.4. The molecule has 0 unspecified atom stereocenters. The van der Waals surface area contributed by atoms with E-state index in [-0.39, 0.29) is 11.9 Å². The van der Waals surface area contributed by atoms with Crippen molar-refractivity contribution in [1.29, 1.82) is 0 Å². The van der Waals surface area contributed by atoms with E-state index in [0.717, 1.165) is 35.7 Å². The van der Waals surface area contributed by atoms with Gasteiger partial charge in [-0.15, -0.1) is 0 Å². The number of carbonyl (C=O) groups is 2. The van der Waals surface area contributed by atoms with Gasteiger partial charge in [0.2, 0.25) is 5.91 Å². The average molecular weight is 350 g/mol. The van der Waals surface area contributed by atoms with Gasteiger partial charge in [-0.05, 0) is 35.9 Å². The first kappa shape index (κ1) is 16.4. The van der Waals surface area contributed by atoms with Gasteiger partial charge in [0.25, 0.3) is 0 Å². The van der Waals surface area contributed by atoms with E-state index < -0.39 is 0 Å². The molecule has 4 rings (SSSR count). The van der Waals surface area contributed by atoms with Gasteiger partial charge < -0.3 is 20.0 Å². The number of amides is 3. The van der Waals surface area contributed by atoms with Crippen LogP contribution in [-0.4, -0.2) is 50.1 Å². The largest absolute Gasteiger partial charge is 0.368 e. The Bertz CT molecular complexity index is 829. The summed E-state index contributed by atoms with van der Waals surface area (Å²) in [7, 11) is 1.82. The molecule has 0 saturated carbocycles. The zero-order chi connectivity index (χ0) is 18.1. The van der Waals surface area contributed by atoms with Gasteiger partial charge in [0, 0.05) is 50.3 Å². The zero-order valence-electron chi connectivity index (χ0n) is 14.8. The summed E-state index contributed by atoms with van der Waals surface area (Å²) in [6, 6.07) is 15.6. The van der Waals surface area contributed by atoms with Crippen LogP contribution in [0.3, 0.4) is 0 Å². The molecular weight excluding hydrogens is 328 g/mol. The number of fused-ring (bicyclic) bond motifs is 1. The zero-order valence-corrected chi connectivity index (χ0v) is 14.8. The van der Waals surface area contributed by atoms with Gasteiger partial charge in [0.05, 0.1) is 6.42 Å². The predicted molar refractivity (Wildman–Crippen MR) is 103 cm³/mol. The summed E-state index contributed by atoms with van der Waals surface area (Å²) in [5, 5.41) is 2.94. The summed E-state index contributed by atoms with van der Waals surface area (Å²) in [5.41, 5.74) is 4.01. The van der Waals surface area contributed by atoms with E-state index in [2.05, 4.69) is 22.3 Å². The molecule has 2 aromatic rings. The highest BCUT2D eigenvalue weighted by molar-refractivity contribution is 6.01. The van der Waals surface area contributed by atoms with E-state index in [1.165, 1.54) is 0 Å². The molecule has 3 amide bonds. The van der Waals surface area contributed by atoms with Crippen molar-refractivity contribution < 1.29 is 9.59 Å². The number of likely N-dealkylation sites (N-methyl/N-ethyl adjacent to an activating group) is 1. The molecule has 2 aliphatic heterocycles. The molecule has 0 aromatic heterocycles. The molecule has 0 aliphatic carbocycles. The number of nitrogens with zero attached hydrogens (tertiary/aromatic N) is 3. The Morgan fingerprint density at radius 2 is 1.73 bits per heavy atom. The maximum atomic E-state index is 12.4. The number of piperazine rings is 1. The Labute approximate surface area is 153 Å². The molecule has 0 bridgehead atoms. The van der Waals surface area contributed by atoms with Crippen molar-refractivity contribution >= 4 is 29.0 Å². The SMILES string of the molecule is CN1C(=O)Cc2cc(N3CCN(C(=O)Nc4ccccc4)CC3)ccc21. The van der Waals surface area contributed by atoms with E-state index in [1.807, 2.05) is 48.3 Å². The normalized spacial score (nSPS) is 16.7. The third-order valence-electron chi connectivity index (χ3n) is 5.10. The first-order valence-electron chi connectivity index (χ1n) is 8.87. The number of urea groups is 1. The molecular formula is C20H22N4O2. The molecule has 1 N–H and O–H groups in total. The van der Waals surface area contributed by atoms with E-state index in [9.17, 15) is 9.59 Å². The minimum atomic E-state index is -0.0583. The lowest BCUT2D eigenvalue weighted by Gasteiger charge is -2.36. The van der Waals surface area contributed by atoms with Gasteiger partial charge in [0.1, 0.15) is 0 Å². The minimum Gasteiger partial charge on any atom is -0.368 e. The van der Waals surface area contributed by atoms with E-state index in [4.69, 9.17) is 0 Å². The fraction of sp³-hybridized carbons (Fsp3) is 0.300. The van der Waals surface area contributed by atoms with Gasteiger partial charge in [-0.2, -0.15) is 0 Å². The van der Waals surface area contributed by atoms with Crippen molar-refractivity contribution in [2.45, 2.75) is 6.42 Å². The van der Waals surface area contributed by atoms with Crippen LogP contribution in [0.1, 0.15) is 5.56 Å². The lowest BCUT2D eigenvalue weighted by Crippen LogP contribution is -2.50. The highest BCUT2D eigenvalue weighted by Crippen LogP contribution is 2.31. The standard InChI is InChI=1S/C20H22N4O2/c1-22-18-8-7-17(13-15(18)14-19(22)25)23-9-11-24(12-10-23)20(26)21-16-5-3-2-4-6-16/h2-8,13H,9-12,14H2,1H3,(H,21,26). The number of carbonyl (C=O) groups excluding carboxylic acids is 2. The van der Waals surface area contributed by atoms with Gasteiger partial charge in [-0.25, -0.2) is 4.79 Å². The second kappa shape index (κ2) is 6.71. The summed E-state index contributed by atoms with van der Waals surface area (Å²) in [5.74, 6) is 0.138. The number of benzene rings is 2. The first-order valence-corrected chi connectivity index (χ1v) is 8.87. The monoisotopic (exact) mass is 350 g/mol. The summed E-state index contributed by atoms with van der Waals surface area (Å²) < 4.78 is 0. The summed E-state index contributed by atoms with van der Waals surface area (Å²) in [6.45, 7) is 2.92. The first-order chi connectivity index (χ1) is 12.6. The molecule has 0 spiro atoms. The molecule has 0 radical (unpaired) electrons. The van der Waals surface area contributed by atoms with Gasteiger partial charge in [-0.3, -0.25) is 4.79 Å². The highest BCUT2D eigenvalue weighted by Gasteiger charge is 2.26. The third-order valence-corrected chi connectivity index (χ3v) is 5.10. The van der Waals surface area contributed by atoms with Crippen molar-refractivity contribution in [1.82, 2.24) is 4.90 Å². The number of hydrogen-bond donors (Lipinski definition) is 1.